The van der Waals surface area contributed by atoms with Crippen molar-refractivity contribution in [3.8, 4) is 0 Å². The number of nitro groups is 1. The van der Waals surface area contributed by atoms with E-state index in [9.17, 15) is 14.9 Å². The number of nitrogens with zero attached hydrogens (tertiary/aromatic N) is 2. The Labute approximate surface area is 128 Å². The van der Waals surface area contributed by atoms with Crippen LogP contribution in [0.1, 0.15) is 10.4 Å². The summed E-state index contributed by atoms with van der Waals surface area (Å²) in [5.74, 6) is -0.428. The van der Waals surface area contributed by atoms with Crippen LogP contribution in [0.4, 0.5) is 16.5 Å². The van der Waals surface area contributed by atoms with Crippen LogP contribution < -0.4 is 11.1 Å². The van der Waals surface area contributed by atoms with Crippen LogP contribution in [-0.4, -0.2) is 15.8 Å². The Morgan fingerprint density at radius 3 is 2.82 bits per heavy atom. The molecular weight excluding hydrogens is 304 g/mol. The summed E-state index contributed by atoms with van der Waals surface area (Å²) in [5, 5.41) is 13.9. The van der Waals surface area contributed by atoms with Crippen LogP contribution in [0.2, 0.25) is 0 Å². The molecule has 22 heavy (non-hydrogen) atoms. The van der Waals surface area contributed by atoms with Gasteiger partial charge in [-0.3, -0.25) is 14.9 Å². The van der Waals surface area contributed by atoms with Crippen molar-refractivity contribution < 1.29 is 9.72 Å². The predicted molar refractivity (Wildman–Crippen MR) is 85.1 cm³/mol. The first-order valence-electron chi connectivity index (χ1n) is 6.25. The minimum atomic E-state index is -0.539. The van der Waals surface area contributed by atoms with Crippen LogP contribution in [0.5, 0.6) is 0 Å². The Bertz CT molecular complexity index is 891. The summed E-state index contributed by atoms with van der Waals surface area (Å²) in [6, 6.07) is 10.9. The molecular formula is C14H10N4O3S. The molecule has 7 nitrogen and oxygen atoms in total. The Kier molecular flexibility index (Phi) is 3.43. The van der Waals surface area contributed by atoms with E-state index >= 15 is 0 Å². The fourth-order valence-corrected chi connectivity index (χ4v) is 2.79. The van der Waals surface area contributed by atoms with E-state index in [1.54, 1.807) is 30.3 Å². The van der Waals surface area contributed by atoms with E-state index in [1.165, 1.54) is 23.5 Å². The van der Waals surface area contributed by atoms with Crippen LogP contribution >= 0.6 is 11.3 Å². The van der Waals surface area contributed by atoms with Crippen molar-refractivity contribution in [2.75, 3.05) is 11.1 Å². The maximum absolute atomic E-state index is 12.3. The lowest BCUT2D eigenvalue weighted by Crippen LogP contribution is -2.12. The maximum atomic E-state index is 12.3. The zero-order valence-corrected chi connectivity index (χ0v) is 12.0. The molecule has 0 saturated heterocycles. The number of aromatic nitrogens is 1. The number of thiazole rings is 1. The van der Waals surface area contributed by atoms with Gasteiger partial charge in [0.05, 0.1) is 15.1 Å². The van der Waals surface area contributed by atoms with Crippen molar-refractivity contribution in [2.24, 2.45) is 0 Å². The lowest BCUT2D eigenvalue weighted by molar-refractivity contribution is -0.383. The van der Waals surface area contributed by atoms with Crippen LogP contribution in [0.25, 0.3) is 10.2 Å². The second-order valence-electron chi connectivity index (χ2n) is 4.46. The fraction of sp³-hybridized carbons (Fsp3) is 0. The number of hydrogen-bond donors (Lipinski definition) is 2. The highest BCUT2D eigenvalue weighted by Crippen LogP contribution is 2.26. The van der Waals surface area contributed by atoms with E-state index in [1.807, 2.05) is 0 Å². The molecule has 0 aliphatic carbocycles. The third-order valence-electron chi connectivity index (χ3n) is 3.02. The van der Waals surface area contributed by atoms with Crippen LogP contribution in [0.15, 0.2) is 42.5 Å². The summed E-state index contributed by atoms with van der Waals surface area (Å²) < 4.78 is 0.785. The quantitative estimate of drug-likeness (QED) is 0.570. The zero-order valence-electron chi connectivity index (χ0n) is 11.1. The van der Waals surface area contributed by atoms with Crippen molar-refractivity contribution in [3.63, 3.8) is 0 Å². The molecule has 0 aliphatic heterocycles. The average Bonchev–Trinajstić information content (AvgIpc) is 2.86. The third kappa shape index (κ3) is 2.59. The molecule has 0 saturated carbocycles. The van der Waals surface area contributed by atoms with Gasteiger partial charge in [-0.25, -0.2) is 4.98 Å². The number of fused-ring (bicyclic) bond motifs is 1. The van der Waals surface area contributed by atoms with Crippen LogP contribution in [0.3, 0.4) is 0 Å². The predicted octanol–water partition coefficient (Wildman–Crippen LogP) is 3.04. The first-order chi connectivity index (χ1) is 10.5. The lowest BCUT2D eigenvalue weighted by atomic mass is 10.2. The number of nitrogen functional groups attached to an aromatic ring is 1. The summed E-state index contributed by atoms with van der Waals surface area (Å²) in [5.41, 5.74) is 6.72. The number of nitrogens with two attached hydrogens (primary N) is 1. The molecule has 8 heteroatoms. The molecule has 3 rings (SSSR count). The third-order valence-corrected chi connectivity index (χ3v) is 3.86. The number of para-hydroxylation sites is 2. The molecule has 3 N–H and O–H groups in total. The summed E-state index contributed by atoms with van der Waals surface area (Å²) in [7, 11) is 0. The van der Waals surface area contributed by atoms with Gasteiger partial charge in [-0.15, -0.1) is 0 Å². The zero-order chi connectivity index (χ0) is 15.7. The number of amides is 1. The standard InChI is InChI=1S/C14H10N4O3S/c15-14-17-10-6-5-8(7-12(10)22-14)13(19)16-9-3-1-2-4-11(9)18(20)21/h1-7H,(H2,15,17)(H,16,19). The van der Waals surface area contributed by atoms with Gasteiger partial charge in [-0.1, -0.05) is 23.5 Å². The number of nitro benzene ring substituents is 1. The van der Waals surface area contributed by atoms with E-state index < -0.39 is 10.8 Å². The molecule has 0 aliphatic rings. The number of benzene rings is 2. The Balaban J connectivity index is 1.91. The van der Waals surface area contributed by atoms with Crippen molar-refractivity contribution >= 4 is 44.0 Å². The summed E-state index contributed by atoms with van der Waals surface area (Å²) in [6.07, 6.45) is 0. The summed E-state index contributed by atoms with van der Waals surface area (Å²) in [6.45, 7) is 0. The van der Waals surface area contributed by atoms with E-state index in [0.29, 0.717) is 16.2 Å². The van der Waals surface area contributed by atoms with Crippen LogP contribution in [0, 0.1) is 10.1 Å². The molecule has 0 unspecified atom stereocenters. The smallest absolute Gasteiger partial charge is 0.292 e. The highest BCUT2D eigenvalue weighted by Gasteiger charge is 2.16. The van der Waals surface area contributed by atoms with E-state index in [-0.39, 0.29) is 11.4 Å². The van der Waals surface area contributed by atoms with Crippen molar-refractivity contribution in [2.45, 2.75) is 0 Å². The van der Waals surface area contributed by atoms with Crippen molar-refractivity contribution in [1.82, 2.24) is 4.98 Å². The number of rotatable bonds is 3. The minimum absolute atomic E-state index is 0.154. The van der Waals surface area contributed by atoms with Crippen molar-refractivity contribution in [1.29, 1.82) is 0 Å². The van der Waals surface area contributed by atoms with Crippen molar-refractivity contribution in [3.05, 3.63) is 58.1 Å². The minimum Gasteiger partial charge on any atom is -0.375 e. The molecule has 110 valence electrons. The van der Waals surface area contributed by atoms with Gasteiger partial charge in [0, 0.05) is 11.6 Å². The van der Waals surface area contributed by atoms with E-state index in [0.717, 1.165) is 4.70 Å². The number of nitrogens with one attached hydrogen (secondary N) is 1. The topological polar surface area (TPSA) is 111 Å². The molecule has 1 amide bonds. The highest BCUT2D eigenvalue weighted by molar-refractivity contribution is 7.22. The van der Waals surface area contributed by atoms with E-state index in [2.05, 4.69) is 10.3 Å². The first-order valence-corrected chi connectivity index (χ1v) is 7.07. The Hall–Kier alpha value is -3.00. The highest BCUT2D eigenvalue weighted by atomic mass is 32.1. The van der Waals surface area contributed by atoms with Crippen LogP contribution in [-0.2, 0) is 0 Å². The molecule has 1 aromatic heterocycles. The number of hydrogen-bond acceptors (Lipinski definition) is 6. The van der Waals surface area contributed by atoms with Gasteiger partial charge in [0.2, 0.25) is 0 Å². The first kappa shape index (κ1) is 14.0. The molecule has 0 atom stereocenters. The molecule has 0 spiro atoms. The lowest BCUT2D eigenvalue weighted by Gasteiger charge is -2.05. The number of anilines is 2. The van der Waals surface area contributed by atoms with Gasteiger partial charge < -0.3 is 11.1 Å². The van der Waals surface area contributed by atoms with Gasteiger partial charge in [-0.05, 0) is 24.3 Å². The van der Waals surface area contributed by atoms with Gasteiger partial charge in [0.25, 0.3) is 11.6 Å². The molecule has 0 radical (unpaired) electrons. The normalized spacial score (nSPS) is 10.5. The maximum Gasteiger partial charge on any atom is 0.292 e. The monoisotopic (exact) mass is 314 g/mol. The number of carbonyl (C=O) groups is 1. The molecule has 0 bridgehead atoms. The van der Waals surface area contributed by atoms with Gasteiger partial charge in [0.1, 0.15) is 5.69 Å². The summed E-state index contributed by atoms with van der Waals surface area (Å²) >= 11 is 1.28. The molecule has 0 fully saturated rings. The van der Waals surface area contributed by atoms with E-state index in [4.69, 9.17) is 5.73 Å². The second kappa shape index (κ2) is 5.41. The Morgan fingerprint density at radius 2 is 2.05 bits per heavy atom. The fourth-order valence-electron chi connectivity index (χ4n) is 2.02. The Morgan fingerprint density at radius 1 is 1.27 bits per heavy atom. The van der Waals surface area contributed by atoms with Gasteiger partial charge in [-0.2, -0.15) is 0 Å². The van der Waals surface area contributed by atoms with Gasteiger partial charge in [0.15, 0.2) is 5.13 Å². The van der Waals surface area contributed by atoms with Gasteiger partial charge >= 0.3 is 0 Å². The molecule has 3 aromatic rings. The molecule has 2 aromatic carbocycles. The average molecular weight is 314 g/mol. The number of carbonyl (C=O) groups excluding carboxylic acids is 1. The SMILES string of the molecule is Nc1nc2ccc(C(=O)Nc3ccccc3[N+](=O)[O-])cc2s1. The second-order valence-corrected chi connectivity index (χ2v) is 5.53. The largest absolute Gasteiger partial charge is 0.375 e. The summed E-state index contributed by atoms with van der Waals surface area (Å²) in [4.78, 5) is 26.8. The molecule has 1 heterocycles.